The number of hydrogen-bond donors (Lipinski definition) is 1. The number of aliphatic hydroxyl groups excluding tert-OH is 1. The van der Waals surface area contributed by atoms with Crippen LogP contribution in [0.1, 0.15) is 12.5 Å². The summed E-state index contributed by atoms with van der Waals surface area (Å²) in [5.41, 5.74) is 2.17. The van der Waals surface area contributed by atoms with E-state index in [2.05, 4.69) is 15.9 Å². The Morgan fingerprint density at radius 3 is 2.40 bits per heavy atom. The highest BCUT2D eigenvalue weighted by Crippen LogP contribution is 2.29. The Morgan fingerprint density at radius 1 is 0.967 bits per heavy atom. The minimum Gasteiger partial charge on any atom is -0.495 e. The Hall–Kier alpha value is -2.70. The maximum atomic E-state index is 10.5. The first-order valence-corrected chi connectivity index (χ1v) is 10.4. The fraction of sp³-hybridized carbons (Fsp3) is 0.417. The molecule has 2 aromatic rings. The largest absolute Gasteiger partial charge is 0.495 e. The van der Waals surface area contributed by atoms with Crippen molar-refractivity contribution in [3.8, 4) is 17.2 Å². The van der Waals surface area contributed by atoms with E-state index in [4.69, 9.17) is 14.2 Å². The third-order valence-corrected chi connectivity index (χ3v) is 5.25. The van der Waals surface area contributed by atoms with Crippen molar-refractivity contribution in [3.05, 3.63) is 54.1 Å². The molecule has 0 saturated carbocycles. The van der Waals surface area contributed by atoms with Gasteiger partial charge in [-0.25, -0.2) is 0 Å². The lowest BCUT2D eigenvalue weighted by atomic mass is 10.2. The summed E-state index contributed by atoms with van der Waals surface area (Å²) >= 11 is 0. The van der Waals surface area contributed by atoms with Crippen molar-refractivity contribution < 1.29 is 19.3 Å². The molecule has 1 N–H and O–H groups in total. The van der Waals surface area contributed by atoms with E-state index in [1.807, 2.05) is 55.5 Å². The SMILES string of the molecule is CC=Cc1ccc(OCC(O)CN2CCN(c3ccccc3OC)CC2)c(OC)c1. The van der Waals surface area contributed by atoms with Crippen LogP contribution in [-0.2, 0) is 0 Å². The maximum absolute atomic E-state index is 10.5. The standard InChI is InChI=1S/C24H32N2O4/c1-4-7-19-10-11-23(24(16-19)29-3)30-18-20(27)17-25-12-14-26(15-13-25)21-8-5-6-9-22(21)28-2/h4-11,16,20,27H,12-15,17-18H2,1-3H3. The van der Waals surface area contributed by atoms with E-state index in [9.17, 15) is 5.11 Å². The molecule has 1 aliphatic rings. The van der Waals surface area contributed by atoms with Crippen molar-refractivity contribution in [2.75, 3.05) is 58.5 Å². The monoisotopic (exact) mass is 412 g/mol. The van der Waals surface area contributed by atoms with Gasteiger partial charge < -0.3 is 24.2 Å². The summed E-state index contributed by atoms with van der Waals surface area (Å²) in [4.78, 5) is 4.60. The maximum Gasteiger partial charge on any atom is 0.161 e. The Kier molecular flexibility index (Phi) is 7.99. The van der Waals surface area contributed by atoms with Crippen molar-refractivity contribution in [3.63, 3.8) is 0 Å². The zero-order chi connectivity index (χ0) is 21.3. The van der Waals surface area contributed by atoms with Crippen LogP contribution in [0.4, 0.5) is 5.69 Å². The van der Waals surface area contributed by atoms with Gasteiger partial charge in [0.25, 0.3) is 0 Å². The average molecular weight is 413 g/mol. The van der Waals surface area contributed by atoms with E-state index in [0.717, 1.165) is 43.2 Å². The van der Waals surface area contributed by atoms with Crippen LogP contribution in [0.2, 0.25) is 0 Å². The molecule has 1 saturated heterocycles. The molecular formula is C24H32N2O4. The van der Waals surface area contributed by atoms with Gasteiger partial charge in [0.15, 0.2) is 11.5 Å². The number of methoxy groups -OCH3 is 2. The second-order valence-corrected chi connectivity index (χ2v) is 7.33. The van der Waals surface area contributed by atoms with Crippen molar-refractivity contribution >= 4 is 11.8 Å². The van der Waals surface area contributed by atoms with Crippen molar-refractivity contribution in [1.29, 1.82) is 0 Å². The highest BCUT2D eigenvalue weighted by Gasteiger charge is 2.21. The van der Waals surface area contributed by atoms with Gasteiger partial charge in [-0.1, -0.05) is 30.4 Å². The van der Waals surface area contributed by atoms with E-state index in [0.29, 0.717) is 18.0 Å². The quantitative estimate of drug-likeness (QED) is 0.682. The molecule has 0 aliphatic carbocycles. The number of ether oxygens (including phenoxy) is 3. The summed E-state index contributed by atoms with van der Waals surface area (Å²) in [6, 6.07) is 13.9. The van der Waals surface area contributed by atoms with E-state index in [-0.39, 0.29) is 6.61 Å². The fourth-order valence-corrected chi connectivity index (χ4v) is 3.70. The van der Waals surface area contributed by atoms with Gasteiger partial charge >= 0.3 is 0 Å². The molecule has 1 aliphatic heterocycles. The van der Waals surface area contributed by atoms with Gasteiger partial charge in [-0.2, -0.15) is 0 Å². The molecule has 0 aromatic heterocycles. The minimum atomic E-state index is -0.567. The molecule has 1 atom stereocenters. The Bertz CT molecular complexity index is 832. The topological polar surface area (TPSA) is 54.4 Å². The third-order valence-electron chi connectivity index (χ3n) is 5.25. The zero-order valence-electron chi connectivity index (χ0n) is 18.1. The lowest BCUT2D eigenvalue weighted by molar-refractivity contribution is 0.0653. The molecule has 1 fully saturated rings. The van der Waals surface area contributed by atoms with Crippen LogP contribution in [0.3, 0.4) is 0 Å². The molecule has 0 spiro atoms. The van der Waals surface area contributed by atoms with Gasteiger partial charge in [0.2, 0.25) is 0 Å². The van der Waals surface area contributed by atoms with Gasteiger partial charge in [0, 0.05) is 32.7 Å². The first-order chi connectivity index (χ1) is 14.6. The summed E-state index contributed by atoms with van der Waals surface area (Å²) in [5, 5.41) is 10.5. The van der Waals surface area contributed by atoms with Crippen LogP contribution in [0.15, 0.2) is 48.5 Å². The normalized spacial score (nSPS) is 15.9. The van der Waals surface area contributed by atoms with Gasteiger partial charge in [-0.3, -0.25) is 4.90 Å². The molecule has 6 heteroatoms. The fourth-order valence-electron chi connectivity index (χ4n) is 3.70. The molecule has 2 aromatic carbocycles. The lowest BCUT2D eigenvalue weighted by Gasteiger charge is -2.37. The van der Waals surface area contributed by atoms with Crippen LogP contribution in [0.25, 0.3) is 6.08 Å². The number of aliphatic hydroxyl groups is 1. The number of benzene rings is 2. The van der Waals surface area contributed by atoms with Crippen molar-refractivity contribution in [1.82, 2.24) is 4.90 Å². The first-order valence-electron chi connectivity index (χ1n) is 10.4. The molecule has 0 radical (unpaired) electrons. The van der Waals surface area contributed by atoms with Crippen LogP contribution in [0, 0.1) is 0 Å². The zero-order valence-corrected chi connectivity index (χ0v) is 18.1. The predicted molar refractivity (Wildman–Crippen MR) is 121 cm³/mol. The summed E-state index contributed by atoms with van der Waals surface area (Å²) in [6.07, 6.45) is 3.42. The van der Waals surface area contributed by atoms with E-state index >= 15 is 0 Å². The van der Waals surface area contributed by atoms with Crippen LogP contribution >= 0.6 is 0 Å². The van der Waals surface area contributed by atoms with E-state index < -0.39 is 6.10 Å². The van der Waals surface area contributed by atoms with Gasteiger partial charge in [0.05, 0.1) is 19.9 Å². The lowest BCUT2D eigenvalue weighted by Crippen LogP contribution is -2.49. The Labute approximate surface area is 179 Å². The molecule has 0 amide bonds. The molecule has 1 unspecified atom stereocenters. The van der Waals surface area contributed by atoms with Gasteiger partial charge in [-0.05, 0) is 36.8 Å². The number of β-amino-alcohol motifs (C(OH)–C–C–N with tert-alkyl or cyclic N) is 1. The van der Waals surface area contributed by atoms with E-state index in [1.165, 1.54) is 0 Å². The minimum absolute atomic E-state index is 0.228. The highest BCUT2D eigenvalue weighted by molar-refractivity contribution is 5.58. The molecule has 3 rings (SSSR count). The van der Waals surface area contributed by atoms with Crippen LogP contribution < -0.4 is 19.1 Å². The van der Waals surface area contributed by atoms with Crippen molar-refractivity contribution in [2.45, 2.75) is 13.0 Å². The Morgan fingerprint density at radius 2 is 1.70 bits per heavy atom. The number of para-hydroxylation sites is 2. The van der Waals surface area contributed by atoms with E-state index in [1.54, 1.807) is 14.2 Å². The van der Waals surface area contributed by atoms with Crippen molar-refractivity contribution in [2.24, 2.45) is 0 Å². The third kappa shape index (κ3) is 5.68. The molecule has 30 heavy (non-hydrogen) atoms. The van der Waals surface area contributed by atoms with Crippen LogP contribution in [-0.4, -0.2) is 69.7 Å². The first kappa shape index (κ1) is 22.0. The second-order valence-electron chi connectivity index (χ2n) is 7.33. The van der Waals surface area contributed by atoms with Gasteiger partial charge in [-0.15, -0.1) is 0 Å². The Balaban J connectivity index is 1.48. The summed E-state index contributed by atoms with van der Waals surface area (Å²) in [6.45, 7) is 6.35. The number of allylic oxidation sites excluding steroid dienone is 1. The molecule has 0 bridgehead atoms. The summed E-state index contributed by atoms with van der Waals surface area (Å²) < 4.78 is 16.7. The highest BCUT2D eigenvalue weighted by atomic mass is 16.5. The number of piperazine rings is 1. The molecular weight excluding hydrogens is 380 g/mol. The summed E-state index contributed by atoms with van der Waals surface area (Å²) in [7, 11) is 3.33. The predicted octanol–water partition coefficient (Wildman–Crippen LogP) is 3.30. The molecule has 162 valence electrons. The second kappa shape index (κ2) is 10.9. The number of rotatable bonds is 9. The summed E-state index contributed by atoms with van der Waals surface area (Å²) in [5.74, 6) is 2.21. The van der Waals surface area contributed by atoms with Gasteiger partial charge in [0.1, 0.15) is 18.5 Å². The number of nitrogens with zero attached hydrogens (tertiary/aromatic N) is 2. The molecule has 6 nitrogen and oxygen atoms in total. The smallest absolute Gasteiger partial charge is 0.161 e. The molecule has 1 heterocycles. The number of anilines is 1. The van der Waals surface area contributed by atoms with Crippen LogP contribution in [0.5, 0.6) is 17.2 Å². The number of hydrogen-bond acceptors (Lipinski definition) is 6. The average Bonchev–Trinajstić information content (AvgIpc) is 2.78.